The van der Waals surface area contributed by atoms with Crippen molar-refractivity contribution in [3.8, 4) is 27.6 Å². The summed E-state index contributed by atoms with van der Waals surface area (Å²) in [6, 6.07) is 12.1. The van der Waals surface area contributed by atoms with Crippen molar-refractivity contribution in [1.82, 2.24) is 19.3 Å². The summed E-state index contributed by atoms with van der Waals surface area (Å²) in [5.41, 5.74) is -0.744. The third kappa shape index (κ3) is 3.05. The van der Waals surface area contributed by atoms with Gasteiger partial charge in [-0.15, -0.1) is 11.3 Å². The molecule has 2 heterocycles. The Morgan fingerprint density at radius 1 is 1.04 bits per heavy atom. The Morgan fingerprint density at radius 2 is 1.79 bits per heavy atom. The predicted octanol–water partition coefficient (Wildman–Crippen LogP) is 3.00. The Kier molecular flexibility index (Phi) is 4.44. The number of thiazole rings is 1. The van der Waals surface area contributed by atoms with Gasteiger partial charge in [0.15, 0.2) is 11.5 Å². The van der Waals surface area contributed by atoms with Crippen molar-refractivity contribution in [2.75, 3.05) is 0 Å². The van der Waals surface area contributed by atoms with Gasteiger partial charge in [0.2, 0.25) is 0 Å². The van der Waals surface area contributed by atoms with E-state index in [1.54, 1.807) is 5.38 Å². The van der Waals surface area contributed by atoms with Crippen molar-refractivity contribution in [2.24, 2.45) is 7.05 Å². The molecule has 2 aromatic heterocycles. The molecule has 6 nitrogen and oxygen atoms in total. The molecule has 28 heavy (non-hydrogen) atoms. The van der Waals surface area contributed by atoms with Gasteiger partial charge in [-0.05, 0) is 12.1 Å². The second-order valence-corrected chi connectivity index (χ2v) is 6.76. The minimum absolute atomic E-state index is 0.107. The number of hydrogen-bond acceptors (Lipinski definition) is 5. The molecule has 0 saturated carbocycles. The molecule has 0 aliphatic carbocycles. The minimum Gasteiger partial charge on any atom is -0.267 e. The van der Waals surface area contributed by atoms with Crippen LogP contribution in [0.1, 0.15) is 0 Å². The first-order chi connectivity index (χ1) is 13.5. The molecule has 0 unspecified atom stereocenters. The second kappa shape index (κ2) is 6.93. The van der Waals surface area contributed by atoms with Gasteiger partial charge in [-0.25, -0.2) is 18.6 Å². The van der Waals surface area contributed by atoms with E-state index in [-0.39, 0.29) is 17.1 Å². The number of hydrogen-bond donors (Lipinski definition) is 0. The summed E-state index contributed by atoms with van der Waals surface area (Å²) >= 11 is 1.31. The zero-order valence-corrected chi connectivity index (χ0v) is 15.3. The normalized spacial score (nSPS) is 11.0. The molecule has 140 valence electrons. The van der Waals surface area contributed by atoms with Crippen molar-refractivity contribution >= 4 is 11.3 Å². The van der Waals surface area contributed by atoms with Gasteiger partial charge in [0.1, 0.15) is 22.2 Å². The molecular weight excluding hydrogens is 386 g/mol. The summed E-state index contributed by atoms with van der Waals surface area (Å²) in [5, 5.41) is 6.34. The van der Waals surface area contributed by atoms with E-state index in [4.69, 9.17) is 0 Å². The maximum Gasteiger partial charge on any atom is 0.352 e. The van der Waals surface area contributed by atoms with Crippen LogP contribution >= 0.6 is 11.3 Å². The zero-order chi connectivity index (χ0) is 19.8. The molecule has 0 fully saturated rings. The smallest absolute Gasteiger partial charge is 0.267 e. The van der Waals surface area contributed by atoms with Crippen LogP contribution in [0.3, 0.4) is 0 Å². The molecule has 0 amide bonds. The topological polar surface area (TPSA) is 69.8 Å². The molecule has 9 heteroatoms. The zero-order valence-electron chi connectivity index (χ0n) is 14.5. The van der Waals surface area contributed by atoms with Crippen LogP contribution in [0.4, 0.5) is 8.78 Å². The van der Waals surface area contributed by atoms with E-state index in [1.165, 1.54) is 18.4 Å². The highest BCUT2D eigenvalue weighted by atomic mass is 32.1. The molecule has 4 rings (SSSR count). The molecule has 0 saturated heterocycles. The molecule has 2 aromatic carbocycles. The van der Waals surface area contributed by atoms with Crippen LogP contribution in [-0.4, -0.2) is 19.3 Å². The number of aromatic nitrogens is 4. The molecule has 0 atom stereocenters. The van der Waals surface area contributed by atoms with E-state index in [2.05, 4.69) is 10.1 Å². The fourth-order valence-corrected chi connectivity index (χ4v) is 3.45. The minimum atomic E-state index is -0.970. The van der Waals surface area contributed by atoms with Gasteiger partial charge in [0.05, 0.1) is 0 Å². The van der Waals surface area contributed by atoms with Crippen LogP contribution in [0.25, 0.3) is 27.6 Å². The lowest BCUT2D eigenvalue weighted by Crippen LogP contribution is -2.40. The highest BCUT2D eigenvalue weighted by Gasteiger charge is 2.18. The van der Waals surface area contributed by atoms with E-state index in [9.17, 15) is 18.4 Å². The fourth-order valence-electron chi connectivity index (χ4n) is 2.64. The molecule has 0 N–H and O–H groups in total. The van der Waals surface area contributed by atoms with E-state index in [0.29, 0.717) is 11.1 Å². The Morgan fingerprint density at radius 3 is 2.50 bits per heavy atom. The van der Waals surface area contributed by atoms with Crippen LogP contribution < -0.4 is 11.2 Å². The molecule has 0 spiro atoms. The van der Waals surface area contributed by atoms with Gasteiger partial charge >= 0.3 is 5.69 Å². The van der Waals surface area contributed by atoms with E-state index in [0.717, 1.165) is 26.9 Å². The van der Waals surface area contributed by atoms with Gasteiger partial charge in [-0.2, -0.15) is 9.78 Å². The fraction of sp³-hybridized carbons (Fsp3) is 0.0526. The summed E-state index contributed by atoms with van der Waals surface area (Å²) in [4.78, 5) is 29.4. The summed E-state index contributed by atoms with van der Waals surface area (Å²) in [6.07, 6.45) is 0. The van der Waals surface area contributed by atoms with Gasteiger partial charge in [-0.3, -0.25) is 9.36 Å². The van der Waals surface area contributed by atoms with E-state index < -0.39 is 22.9 Å². The Bertz CT molecular complexity index is 1300. The molecule has 0 radical (unpaired) electrons. The van der Waals surface area contributed by atoms with Crippen molar-refractivity contribution in [2.45, 2.75) is 0 Å². The van der Waals surface area contributed by atoms with E-state index >= 15 is 0 Å². The van der Waals surface area contributed by atoms with Gasteiger partial charge in [0.25, 0.3) is 5.56 Å². The van der Waals surface area contributed by atoms with Crippen LogP contribution in [0, 0.1) is 11.6 Å². The van der Waals surface area contributed by atoms with Gasteiger partial charge < -0.3 is 0 Å². The molecule has 0 aliphatic rings. The monoisotopic (exact) mass is 398 g/mol. The molecule has 0 aliphatic heterocycles. The summed E-state index contributed by atoms with van der Waals surface area (Å²) in [5.74, 6) is -1.76. The average Bonchev–Trinajstić information content (AvgIpc) is 3.18. The van der Waals surface area contributed by atoms with Gasteiger partial charge in [0, 0.05) is 24.1 Å². The summed E-state index contributed by atoms with van der Waals surface area (Å²) < 4.78 is 28.9. The van der Waals surface area contributed by atoms with Crippen LogP contribution in [0.5, 0.6) is 0 Å². The highest BCUT2D eigenvalue weighted by Crippen LogP contribution is 2.26. The Labute approximate surface area is 161 Å². The standard InChI is InChI=1S/C19H12F2N4O2S/c1-24-18(26)16(14-10-28-17(22-14)11-5-3-2-4-6-11)23-25(19(24)27)15-8-7-12(20)9-13(15)21/h2-10H,1H3. The summed E-state index contributed by atoms with van der Waals surface area (Å²) in [7, 11) is 1.26. The van der Waals surface area contributed by atoms with Crippen LogP contribution in [0.15, 0.2) is 63.5 Å². The van der Waals surface area contributed by atoms with Crippen molar-refractivity contribution in [1.29, 1.82) is 0 Å². The third-order valence-electron chi connectivity index (χ3n) is 4.08. The lowest BCUT2D eigenvalue weighted by atomic mass is 10.2. The van der Waals surface area contributed by atoms with E-state index in [1.807, 2.05) is 30.3 Å². The molecule has 0 bridgehead atoms. The number of rotatable bonds is 3. The molecule has 4 aromatic rings. The first-order valence-electron chi connectivity index (χ1n) is 8.13. The Balaban J connectivity index is 1.89. The first kappa shape index (κ1) is 17.9. The SMILES string of the molecule is Cn1c(=O)c(-c2csc(-c3ccccc3)n2)nn(-c2ccc(F)cc2F)c1=O. The summed E-state index contributed by atoms with van der Waals surface area (Å²) in [6.45, 7) is 0. The van der Waals surface area contributed by atoms with Crippen molar-refractivity contribution in [3.05, 3.63) is 86.4 Å². The second-order valence-electron chi connectivity index (χ2n) is 5.91. The number of nitrogens with zero attached hydrogens (tertiary/aromatic N) is 4. The average molecular weight is 398 g/mol. The Hall–Kier alpha value is -3.46. The van der Waals surface area contributed by atoms with Crippen molar-refractivity contribution < 1.29 is 8.78 Å². The van der Waals surface area contributed by atoms with Crippen LogP contribution in [-0.2, 0) is 7.05 Å². The van der Waals surface area contributed by atoms with Crippen LogP contribution in [0.2, 0.25) is 0 Å². The largest absolute Gasteiger partial charge is 0.352 e. The lowest BCUT2D eigenvalue weighted by Gasteiger charge is -2.09. The van der Waals surface area contributed by atoms with Crippen molar-refractivity contribution in [3.63, 3.8) is 0 Å². The third-order valence-corrected chi connectivity index (χ3v) is 4.97. The predicted molar refractivity (Wildman–Crippen MR) is 102 cm³/mol. The first-order valence-corrected chi connectivity index (χ1v) is 9.01. The highest BCUT2D eigenvalue weighted by molar-refractivity contribution is 7.13. The lowest BCUT2D eigenvalue weighted by molar-refractivity contribution is 0.561. The molecular formula is C19H12F2N4O2S. The number of halogens is 2. The van der Waals surface area contributed by atoms with Gasteiger partial charge in [-0.1, -0.05) is 30.3 Å². The quantitative estimate of drug-likeness (QED) is 0.532. The number of benzene rings is 2. The maximum atomic E-state index is 14.2. The maximum absolute atomic E-state index is 14.2.